The van der Waals surface area contributed by atoms with Gasteiger partial charge in [0.05, 0.1) is 13.2 Å². The number of hydrogen-bond acceptors (Lipinski definition) is 5. The number of rotatable bonds is 18. The molecule has 0 aromatic heterocycles. The van der Waals surface area contributed by atoms with E-state index in [1.807, 2.05) is 0 Å². The van der Waals surface area contributed by atoms with Crippen LogP contribution in [0, 0.1) is 0 Å². The van der Waals surface area contributed by atoms with Gasteiger partial charge in [-0.3, -0.25) is 0 Å². The lowest BCUT2D eigenvalue weighted by atomic mass is 10.3. The van der Waals surface area contributed by atoms with Crippen molar-refractivity contribution in [2.24, 2.45) is 0 Å². The second-order valence-electron chi connectivity index (χ2n) is 8.63. The Morgan fingerprint density at radius 2 is 0.968 bits per heavy atom. The summed E-state index contributed by atoms with van der Waals surface area (Å²) in [6.07, 6.45) is 3.81. The Kier molecular flexibility index (Phi) is 15.0. The Labute approximate surface area is 192 Å². The quantitative estimate of drug-likeness (QED) is 0.0957. The molecule has 0 unspecified atom stereocenters. The van der Waals surface area contributed by atoms with E-state index in [0.29, 0.717) is 24.4 Å². The highest BCUT2D eigenvalue weighted by atomic mass is 28.4. The molecule has 0 radical (unpaired) electrons. The molecule has 0 fully saturated rings. The van der Waals surface area contributed by atoms with E-state index in [0.717, 1.165) is 61.9 Å². The number of carbonyl (C=O) groups is 2. The van der Waals surface area contributed by atoms with Gasteiger partial charge in [0.1, 0.15) is 0 Å². The summed E-state index contributed by atoms with van der Waals surface area (Å²) in [5, 5.41) is 0. The first-order valence-corrected chi connectivity index (χ1v) is 17.0. The van der Waals surface area contributed by atoms with Crippen molar-refractivity contribution in [3.05, 3.63) is 24.3 Å². The highest BCUT2D eigenvalue weighted by Crippen LogP contribution is 2.34. The molecule has 0 rings (SSSR count). The van der Waals surface area contributed by atoms with Crippen LogP contribution in [0.5, 0.6) is 0 Å². The fourth-order valence-corrected chi connectivity index (χ4v) is 14.7. The second kappa shape index (κ2) is 15.6. The molecule has 5 nitrogen and oxygen atoms in total. The SMILES string of the molecule is C=C(C)C(=O)OCCCC[Si](CC)(CC)O[Si](CC)(CC)CCCCOC(=O)C(=C)C. The van der Waals surface area contributed by atoms with E-state index in [1.165, 1.54) is 0 Å². The summed E-state index contributed by atoms with van der Waals surface area (Å²) in [7, 11) is -3.63. The third kappa shape index (κ3) is 11.3. The van der Waals surface area contributed by atoms with Crippen molar-refractivity contribution in [2.75, 3.05) is 13.2 Å². The van der Waals surface area contributed by atoms with Crippen molar-refractivity contribution < 1.29 is 23.2 Å². The molecule has 0 bridgehead atoms. The van der Waals surface area contributed by atoms with Crippen molar-refractivity contribution in [3.8, 4) is 0 Å². The maximum Gasteiger partial charge on any atom is 0.333 e. The molecule has 0 heterocycles. The predicted molar refractivity (Wildman–Crippen MR) is 134 cm³/mol. The molecule has 0 aliphatic heterocycles. The highest BCUT2D eigenvalue weighted by Gasteiger charge is 2.40. The summed E-state index contributed by atoms with van der Waals surface area (Å²) in [6.45, 7) is 20.6. The van der Waals surface area contributed by atoms with Gasteiger partial charge in [-0.25, -0.2) is 9.59 Å². The monoisotopic (exact) mass is 470 g/mol. The van der Waals surface area contributed by atoms with E-state index < -0.39 is 16.6 Å². The summed E-state index contributed by atoms with van der Waals surface area (Å²) in [6, 6.07) is 6.74. The lowest BCUT2D eigenvalue weighted by molar-refractivity contribution is -0.139. The summed E-state index contributed by atoms with van der Waals surface area (Å²) in [4.78, 5) is 23.1. The maximum absolute atomic E-state index is 11.5. The van der Waals surface area contributed by atoms with Crippen LogP contribution in [0.4, 0.5) is 0 Å². The summed E-state index contributed by atoms with van der Waals surface area (Å²) < 4.78 is 17.7. The molecule has 7 heteroatoms. The Hall–Kier alpha value is -1.19. The Bertz CT molecular complexity index is 531. The normalized spacial score (nSPS) is 11.8. The highest BCUT2D eigenvalue weighted by molar-refractivity contribution is 6.87. The van der Waals surface area contributed by atoms with Crippen molar-refractivity contribution in [1.29, 1.82) is 0 Å². The molecular weight excluding hydrogens is 424 g/mol. The lowest BCUT2D eigenvalue weighted by Gasteiger charge is -2.41. The van der Waals surface area contributed by atoms with Crippen molar-refractivity contribution in [1.82, 2.24) is 0 Å². The second-order valence-corrected chi connectivity index (χ2v) is 18.0. The molecule has 0 saturated carbocycles. The average Bonchev–Trinajstić information content (AvgIpc) is 2.76. The van der Waals surface area contributed by atoms with Crippen LogP contribution >= 0.6 is 0 Å². The van der Waals surface area contributed by atoms with Gasteiger partial charge in [0.25, 0.3) is 0 Å². The molecule has 0 amide bonds. The predicted octanol–water partition coefficient (Wildman–Crippen LogP) is 6.77. The van der Waals surface area contributed by atoms with Crippen LogP contribution in [-0.4, -0.2) is 41.8 Å². The van der Waals surface area contributed by atoms with Crippen LogP contribution in [0.2, 0.25) is 36.3 Å². The Morgan fingerprint density at radius 3 is 1.23 bits per heavy atom. The minimum absolute atomic E-state index is 0.303. The first kappa shape index (κ1) is 29.8. The van der Waals surface area contributed by atoms with Gasteiger partial charge in [-0.2, -0.15) is 0 Å². The zero-order valence-electron chi connectivity index (χ0n) is 20.9. The van der Waals surface area contributed by atoms with E-state index in [-0.39, 0.29) is 11.9 Å². The van der Waals surface area contributed by atoms with E-state index in [9.17, 15) is 9.59 Å². The van der Waals surface area contributed by atoms with Gasteiger partial charge in [-0.15, -0.1) is 0 Å². The number of esters is 2. The van der Waals surface area contributed by atoms with E-state index in [1.54, 1.807) is 13.8 Å². The lowest BCUT2D eigenvalue weighted by Crippen LogP contribution is -2.50. The molecule has 0 aliphatic carbocycles. The minimum atomic E-state index is -1.81. The van der Waals surface area contributed by atoms with Crippen LogP contribution in [-0.2, 0) is 23.2 Å². The first-order valence-electron chi connectivity index (χ1n) is 12.0. The van der Waals surface area contributed by atoms with Crippen molar-refractivity contribution in [2.45, 2.75) is 103 Å². The molecule has 0 atom stereocenters. The molecule has 180 valence electrons. The van der Waals surface area contributed by atoms with Gasteiger partial charge in [-0.1, -0.05) is 53.7 Å². The summed E-state index contributed by atoms with van der Waals surface area (Å²) in [5.74, 6) is -0.605. The number of ether oxygens (including phenoxy) is 2. The van der Waals surface area contributed by atoms with Gasteiger partial charge in [-0.05, 0) is 63.0 Å². The first-order chi connectivity index (χ1) is 14.6. The fraction of sp³-hybridized carbons (Fsp3) is 0.750. The van der Waals surface area contributed by atoms with Gasteiger partial charge >= 0.3 is 11.9 Å². The van der Waals surface area contributed by atoms with Crippen LogP contribution in [0.15, 0.2) is 24.3 Å². The van der Waals surface area contributed by atoms with Crippen molar-refractivity contribution in [3.63, 3.8) is 0 Å². The molecule has 0 spiro atoms. The number of carbonyl (C=O) groups excluding carboxylic acids is 2. The maximum atomic E-state index is 11.5. The third-order valence-electron chi connectivity index (χ3n) is 6.23. The van der Waals surface area contributed by atoms with Gasteiger partial charge in [0.15, 0.2) is 16.6 Å². The third-order valence-corrected chi connectivity index (χ3v) is 17.4. The zero-order valence-corrected chi connectivity index (χ0v) is 22.9. The minimum Gasteiger partial charge on any atom is -0.462 e. The molecule has 31 heavy (non-hydrogen) atoms. The Balaban J connectivity index is 4.75. The molecular formula is C24H46O5Si2. The van der Waals surface area contributed by atoms with Crippen LogP contribution in [0.3, 0.4) is 0 Å². The zero-order chi connectivity index (χ0) is 23.9. The van der Waals surface area contributed by atoms with Crippen LogP contribution in [0.25, 0.3) is 0 Å². The van der Waals surface area contributed by atoms with Crippen molar-refractivity contribution >= 4 is 28.6 Å². The van der Waals surface area contributed by atoms with E-state index in [2.05, 4.69) is 40.9 Å². The van der Waals surface area contributed by atoms with E-state index in [4.69, 9.17) is 13.6 Å². The molecule has 0 N–H and O–H groups in total. The smallest absolute Gasteiger partial charge is 0.333 e. The topological polar surface area (TPSA) is 61.8 Å². The van der Waals surface area contributed by atoms with Gasteiger partial charge < -0.3 is 13.6 Å². The molecule has 0 aromatic rings. The summed E-state index contributed by atoms with van der Waals surface area (Å²) in [5.41, 5.74) is 0.899. The largest absolute Gasteiger partial charge is 0.462 e. The van der Waals surface area contributed by atoms with Crippen LogP contribution < -0.4 is 0 Å². The number of unbranched alkanes of at least 4 members (excludes halogenated alkanes) is 2. The van der Waals surface area contributed by atoms with Crippen LogP contribution in [0.1, 0.15) is 67.2 Å². The molecule has 0 aromatic carbocycles. The van der Waals surface area contributed by atoms with Gasteiger partial charge in [0.2, 0.25) is 0 Å². The van der Waals surface area contributed by atoms with E-state index >= 15 is 0 Å². The molecule has 0 saturated heterocycles. The summed E-state index contributed by atoms with van der Waals surface area (Å²) >= 11 is 0. The van der Waals surface area contributed by atoms with Gasteiger partial charge in [0, 0.05) is 11.1 Å². The Morgan fingerprint density at radius 1 is 0.645 bits per heavy atom. The molecule has 0 aliphatic rings. The standard InChI is InChI=1S/C24H46O5Si2/c1-9-30(10-2,19-15-13-17-27-23(25)21(5)6)29-31(11-3,12-4)20-16-14-18-28-24(26)22(7)8/h5,7,9-20H2,1-4,6,8H3. The average molecular weight is 471 g/mol. The fourth-order valence-electron chi connectivity index (χ4n) is 3.73. The number of hydrogen-bond donors (Lipinski definition) is 0.